The van der Waals surface area contributed by atoms with Crippen LogP contribution in [-0.4, -0.2) is 4.98 Å². The molecule has 1 aromatic carbocycles. The molecule has 0 aliphatic carbocycles. The predicted molar refractivity (Wildman–Crippen MR) is 63.8 cm³/mol. The van der Waals surface area contributed by atoms with Gasteiger partial charge in [-0.1, -0.05) is 12.1 Å². The normalized spacial score (nSPS) is 11.1. The van der Waals surface area contributed by atoms with Crippen molar-refractivity contribution < 1.29 is 13.2 Å². The maximum absolute atomic E-state index is 12.7. The molecule has 2 aromatic rings. The number of alkyl halides is 3. The van der Waals surface area contributed by atoms with Gasteiger partial charge >= 0.3 is 6.18 Å². The first-order valence-corrected chi connectivity index (χ1v) is 5.25. The number of aromatic nitrogens is 1. The summed E-state index contributed by atoms with van der Waals surface area (Å²) < 4.78 is 38.0. The summed E-state index contributed by atoms with van der Waals surface area (Å²) in [5.41, 5.74) is 5.48. The number of rotatable bonds is 1. The summed E-state index contributed by atoms with van der Waals surface area (Å²) in [6, 6.07) is 7.94. The number of nitriles is 1. The Kier molecular flexibility index (Phi) is 3.13. The van der Waals surface area contributed by atoms with Crippen molar-refractivity contribution in [3.05, 3.63) is 47.7 Å². The van der Waals surface area contributed by atoms with Crippen LogP contribution >= 0.6 is 0 Å². The molecule has 1 heterocycles. The molecule has 0 atom stereocenters. The number of nitrogens with zero attached hydrogens (tertiary/aromatic N) is 2. The van der Waals surface area contributed by atoms with Crippen LogP contribution in [0.25, 0.3) is 11.1 Å². The molecule has 0 unspecified atom stereocenters. The highest BCUT2D eigenvalue weighted by atomic mass is 19.4. The minimum absolute atomic E-state index is 0.0263. The number of nitrogens with two attached hydrogens (primary N) is 1. The summed E-state index contributed by atoms with van der Waals surface area (Å²) in [7, 11) is 0. The van der Waals surface area contributed by atoms with Gasteiger partial charge in [0.05, 0.1) is 17.2 Å². The Morgan fingerprint density at radius 3 is 2.58 bits per heavy atom. The predicted octanol–water partition coefficient (Wildman–Crippen LogP) is 3.22. The topological polar surface area (TPSA) is 62.7 Å². The largest absolute Gasteiger partial charge is 0.416 e. The van der Waals surface area contributed by atoms with E-state index in [4.69, 9.17) is 11.0 Å². The number of nitrogen functional groups attached to an aromatic ring is 1. The monoisotopic (exact) mass is 263 g/mol. The average Bonchev–Trinajstić information content (AvgIpc) is 2.37. The lowest BCUT2D eigenvalue weighted by Crippen LogP contribution is -2.05. The molecule has 3 nitrogen and oxygen atoms in total. The summed E-state index contributed by atoms with van der Waals surface area (Å²) in [5.74, 6) is 0.0263. The molecule has 0 fully saturated rings. The Bertz CT molecular complexity index is 657. The number of benzene rings is 1. The van der Waals surface area contributed by atoms with E-state index >= 15 is 0 Å². The highest BCUT2D eigenvalue weighted by Gasteiger charge is 2.30. The number of pyridine rings is 1. The van der Waals surface area contributed by atoms with E-state index in [9.17, 15) is 13.2 Å². The second kappa shape index (κ2) is 4.61. The molecular weight excluding hydrogens is 255 g/mol. The van der Waals surface area contributed by atoms with E-state index in [0.29, 0.717) is 0 Å². The Morgan fingerprint density at radius 1 is 1.21 bits per heavy atom. The molecule has 0 spiro atoms. The van der Waals surface area contributed by atoms with Crippen molar-refractivity contribution in [3.63, 3.8) is 0 Å². The van der Waals surface area contributed by atoms with Crippen LogP contribution in [0.15, 0.2) is 36.5 Å². The average molecular weight is 263 g/mol. The number of hydrogen-bond donors (Lipinski definition) is 1. The third-order valence-corrected chi connectivity index (χ3v) is 2.58. The van der Waals surface area contributed by atoms with Gasteiger partial charge in [-0.05, 0) is 23.8 Å². The molecule has 1 aromatic heterocycles. The third-order valence-electron chi connectivity index (χ3n) is 2.58. The molecule has 2 N–H and O–H groups in total. The van der Waals surface area contributed by atoms with Crippen molar-refractivity contribution in [1.82, 2.24) is 4.98 Å². The Balaban J connectivity index is 2.64. The van der Waals surface area contributed by atoms with E-state index in [2.05, 4.69) is 4.98 Å². The Morgan fingerprint density at radius 2 is 1.95 bits per heavy atom. The van der Waals surface area contributed by atoms with Gasteiger partial charge in [0, 0.05) is 11.8 Å². The van der Waals surface area contributed by atoms with Gasteiger partial charge in [-0.25, -0.2) is 4.98 Å². The van der Waals surface area contributed by atoms with E-state index in [1.165, 1.54) is 24.4 Å². The molecule has 0 bridgehead atoms. The number of anilines is 1. The SMILES string of the molecule is N#Cc1ccnc(N)c1-c1cccc(C(F)(F)F)c1. The first-order valence-electron chi connectivity index (χ1n) is 5.25. The van der Waals surface area contributed by atoms with Gasteiger partial charge in [-0.15, -0.1) is 0 Å². The molecule has 0 radical (unpaired) electrons. The highest BCUT2D eigenvalue weighted by Crippen LogP contribution is 2.34. The van der Waals surface area contributed by atoms with Crippen LogP contribution in [0.4, 0.5) is 19.0 Å². The third kappa shape index (κ3) is 2.50. The maximum atomic E-state index is 12.7. The van der Waals surface area contributed by atoms with Crippen molar-refractivity contribution in [2.24, 2.45) is 0 Å². The van der Waals surface area contributed by atoms with Crippen molar-refractivity contribution in [2.45, 2.75) is 6.18 Å². The lowest BCUT2D eigenvalue weighted by molar-refractivity contribution is -0.137. The summed E-state index contributed by atoms with van der Waals surface area (Å²) >= 11 is 0. The van der Waals surface area contributed by atoms with Gasteiger partial charge in [0.2, 0.25) is 0 Å². The van der Waals surface area contributed by atoms with E-state index in [1.807, 2.05) is 6.07 Å². The minimum Gasteiger partial charge on any atom is -0.383 e. The van der Waals surface area contributed by atoms with Gasteiger partial charge < -0.3 is 5.73 Å². The smallest absolute Gasteiger partial charge is 0.383 e. The summed E-state index contributed by atoms with van der Waals surface area (Å²) in [6.07, 6.45) is -3.11. The Labute approximate surface area is 107 Å². The van der Waals surface area contributed by atoms with Crippen molar-refractivity contribution in [2.75, 3.05) is 5.73 Å². The lowest BCUT2D eigenvalue weighted by atomic mass is 9.99. The summed E-state index contributed by atoms with van der Waals surface area (Å²) in [5, 5.41) is 8.98. The minimum atomic E-state index is -4.44. The van der Waals surface area contributed by atoms with Crippen LogP contribution < -0.4 is 5.73 Å². The van der Waals surface area contributed by atoms with Gasteiger partial charge in [0.15, 0.2) is 0 Å². The van der Waals surface area contributed by atoms with Crippen LogP contribution in [0.1, 0.15) is 11.1 Å². The molecule has 6 heteroatoms. The van der Waals surface area contributed by atoms with E-state index in [0.717, 1.165) is 12.1 Å². The van der Waals surface area contributed by atoms with Gasteiger partial charge in [-0.3, -0.25) is 0 Å². The van der Waals surface area contributed by atoms with Gasteiger partial charge in [0.1, 0.15) is 5.82 Å². The zero-order valence-corrected chi connectivity index (χ0v) is 9.57. The fourth-order valence-corrected chi connectivity index (χ4v) is 1.73. The van der Waals surface area contributed by atoms with Crippen molar-refractivity contribution in [1.29, 1.82) is 5.26 Å². The van der Waals surface area contributed by atoms with Gasteiger partial charge in [-0.2, -0.15) is 18.4 Å². The standard InChI is InChI=1S/C13H8F3N3/c14-13(15,16)10-3-1-2-8(6-10)11-9(7-17)4-5-19-12(11)18/h1-6H,(H2,18,19). The van der Waals surface area contributed by atoms with Gasteiger partial charge in [0.25, 0.3) is 0 Å². The molecular formula is C13H8F3N3. The van der Waals surface area contributed by atoms with E-state index in [1.54, 1.807) is 0 Å². The van der Waals surface area contributed by atoms with Crippen molar-refractivity contribution >= 4 is 5.82 Å². The molecule has 96 valence electrons. The first kappa shape index (κ1) is 12.9. The first-order chi connectivity index (χ1) is 8.93. The Hall–Kier alpha value is -2.55. The summed E-state index contributed by atoms with van der Waals surface area (Å²) in [4.78, 5) is 3.80. The van der Waals surface area contributed by atoms with Crippen LogP contribution in [0, 0.1) is 11.3 Å². The molecule has 19 heavy (non-hydrogen) atoms. The molecule has 0 aliphatic heterocycles. The zero-order valence-electron chi connectivity index (χ0n) is 9.57. The van der Waals surface area contributed by atoms with Crippen LogP contribution in [0.5, 0.6) is 0 Å². The molecule has 0 amide bonds. The van der Waals surface area contributed by atoms with Crippen LogP contribution in [-0.2, 0) is 6.18 Å². The van der Waals surface area contributed by atoms with Crippen LogP contribution in [0.2, 0.25) is 0 Å². The van der Waals surface area contributed by atoms with Crippen LogP contribution in [0.3, 0.4) is 0 Å². The lowest BCUT2D eigenvalue weighted by Gasteiger charge is -2.11. The highest BCUT2D eigenvalue weighted by molar-refractivity contribution is 5.79. The number of halogens is 3. The molecule has 2 rings (SSSR count). The van der Waals surface area contributed by atoms with E-state index < -0.39 is 11.7 Å². The maximum Gasteiger partial charge on any atom is 0.416 e. The molecule has 0 saturated heterocycles. The fourth-order valence-electron chi connectivity index (χ4n) is 1.73. The molecule has 0 saturated carbocycles. The fraction of sp³-hybridized carbons (Fsp3) is 0.0769. The van der Waals surface area contributed by atoms with Crippen molar-refractivity contribution in [3.8, 4) is 17.2 Å². The number of hydrogen-bond acceptors (Lipinski definition) is 3. The zero-order chi connectivity index (χ0) is 14.0. The second-order valence-electron chi connectivity index (χ2n) is 3.81. The van der Waals surface area contributed by atoms with E-state index in [-0.39, 0.29) is 22.5 Å². The summed E-state index contributed by atoms with van der Waals surface area (Å²) in [6.45, 7) is 0. The molecule has 0 aliphatic rings. The second-order valence-corrected chi connectivity index (χ2v) is 3.81. The quantitative estimate of drug-likeness (QED) is 0.859.